The van der Waals surface area contributed by atoms with E-state index < -0.39 is 0 Å². The second-order valence-corrected chi connectivity index (χ2v) is 7.29. The molecule has 0 amide bonds. The number of nitrogens with zero attached hydrogens (tertiary/aromatic N) is 3. The Morgan fingerprint density at radius 1 is 1.31 bits per heavy atom. The molecule has 26 heavy (non-hydrogen) atoms. The summed E-state index contributed by atoms with van der Waals surface area (Å²) in [5.41, 5.74) is 6.56. The number of thiazole rings is 2. The fourth-order valence-corrected chi connectivity index (χ4v) is 3.52. The van der Waals surface area contributed by atoms with E-state index in [1.165, 1.54) is 11.3 Å². The summed E-state index contributed by atoms with van der Waals surface area (Å²) in [6.07, 6.45) is 1.90. The fraction of sp³-hybridized carbons (Fsp3) is 0.222. The molecule has 0 radical (unpaired) electrons. The molecule has 2 aromatic heterocycles. The average Bonchev–Trinajstić information content (AvgIpc) is 3.24. The third-order valence-electron chi connectivity index (χ3n) is 3.36. The Morgan fingerprint density at radius 2 is 2.19 bits per heavy atom. The van der Waals surface area contributed by atoms with E-state index in [0.717, 1.165) is 21.8 Å². The lowest BCUT2D eigenvalue weighted by atomic mass is 10.1. The summed E-state index contributed by atoms with van der Waals surface area (Å²) < 4.78 is 4.91. The van der Waals surface area contributed by atoms with Crippen LogP contribution in [0.4, 0.5) is 5.13 Å². The number of hydrogen-bond donors (Lipinski definition) is 1. The molecule has 1 N–H and O–H groups in total. The average molecular weight is 387 g/mol. The summed E-state index contributed by atoms with van der Waals surface area (Å²) in [5.74, 6) is -0.276. The zero-order valence-corrected chi connectivity index (χ0v) is 16.1. The number of anilines is 1. The third-order valence-corrected chi connectivity index (χ3v) is 4.93. The van der Waals surface area contributed by atoms with Gasteiger partial charge in [-0.3, -0.25) is 10.2 Å². The maximum Gasteiger partial charge on any atom is 0.311 e. The summed E-state index contributed by atoms with van der Waals surface area (Å²) in [6, 6.07) is 8.02. The zero-order chi connectivity index (χ0) is 18.4. The van der Waals surface area contributed by atoms with Gasteiger partial charge in [0.25, 0.3) is 0 Å². The highest BCUT2D eigenvalue weighted by atomic mass is 32.1. The van der Waals surface area contributed by atoms with Gasteiger partial charge in [0.15, 0.2) is 0 Å². The van der Waals surface area contributed by atoms with Gasteiger partial charge in [-0.05, 0) is 25.5 Å². The highest BCUT2D eigenvalue weighted by Crippen LogP contribution is 2.22. The van der Waals surface area contributed by atoms with Gasteiger partial charge in [-0.1, -0.05) is 18.2 Å². The minimum Gasteiger partial charge on any atom is -0.466 e. The molecule has 3 rings (SSSR count). The highest BCUT2D eigenvalue weighted by Gasteiger charge is 2.08. The molecule has 0 fully saturated rings. The van der Waals surface area contributed by atoms with Gasteiger partial charge >= 0.3 is 5.97 Å². The Morgan fingerprint density at radius 3 is 2.96 bits per heavy atom. The molecular formula is C18H18N4O2S2. The van der Waals surface area contributed by atoms with Gasteiger partial charge in [-0.25, -0.2) is 9.97 Å². The molecule has 0 atom stereocenters. The number of esters is 1. The molecule has 0 aliphatic rings. The molecule has 0 bridgehead atoms. The van der Waals surface area contributed by atoms with Gasteiger partial charge in [0.1, 0.15) is 0 Å². The molecular weight excluding hydrogens is 368 g/mol. The van der Waals surface area contributed by atoms with Gasteiger partial charge in [0.05, 0.1) is 35.6 Å². The number of hydrazone groups is 1. The van der Waals surface area contributed by atoms with Crippen LogP contribution in [0.3, 0.4) is 0 Å². The molecule has 3 aromatic rings. The number of nitrogens with one attached hydrogen (secondary N) is 1. The number of aromatic nitrogens is 2. The van der Waals surface area contributed by atoms with Crippen molar-refractivity contribution in [3.05, 3.63) is 51.3 Å². The highest BCUT2D eigenvalue weighted by molar-refractivity contribution is 7.13. The van der Waals surface area contributed by atoms with Crippen molar-refractivity contribution in [1.82, 2.24) is 9.97 Å². The number of benzene rings is 1. The van der Waals surface area contributed by atoms with Gasteiger partial charge in [0.2, 0.25) is 5.13 Å². The standard InChI is InChI=1S/C18H18N4O2S2/c1-3-24-17(23)8-15-10-26-18(21-15)22-19-9-13-5-4-6-14(7-13)16-11-25-12(2)20-16/h4-7,9-11H,3,8H2,1-2H3,(H,21,22). The predicted molar refractivity (Wildman–Crippen MR) is 106 cm³/mol. The van der Waals surface area contributed by atoms with Crippen molar-refractivity contribution >= 4 is 40.0 Å². The molecule has 6 nitrogen and oxygen atoms in total. The quantitative estimate of drug-likeness (QED) is 0.375. The molecule has 0 saturated carbocycles. The topological polar surface area (TPSA) is 76.5 Å². The van der Waals surface area contributed by atoms with E-state index in [1.54, 1.807) is 24.5 Å². The van der Waals surface area contributed by atoms with E-state index in [4.69, 9.17) is 4.74 Å². The van der Waals surface area contributed by atoms with Crippen molar-refractivity contribution in [2.24, 2.45) is 5.10 Å². The van der Waals surface area contributed by atoms with Gasteiger partial charge in [0, 0.05) is 16.3 Å². The Kier molecular flexibility index (Phi) is 6.08. The van der Waals surface area contributed by atoms with Crippen molar-refractivity contribution in [1.29, 1.82) is 0 Å². The van der Waals surface area contributed by atoms with Gasteiger partial charge in [-0.15, -0.1) is 22.7 Å². The van der Waals surface area contributed by atoms with E-state index in [9.17, 15) is 4.79 Å². The van der Waals surface area contributed by atoms with Crippen molar-refractivity contribution in [2.45, 2.75) is 20.3 Å². The Bertz CT molecular complexity index is 917. The van der Waals surface area contributed by atoms with E-state index >= 15 is 0 Å². The van der Waals surface area contributed by atoms with Crippen LogP contribution >= 0.6 is 22.7 Å². The minimum atomic E-state index is -0.276. The number of hydrogen-bond acceptors (Lipinski definition) is 8. The maximum atomic E-state index is 11.5. The zero-order valence-electron chi connectivity index (χ0n) is 14.4. The van der Waals surface area contributed by atoms with E-state index in [0.29, 0.717) is 17.4 Å². The van der Waals surface area contributed by atoms with Crippen LogP contribution in [0.5, 0.6) is 0 Å². The third kappa shape index (κ3) is 4.96. The van der Waals surface area contributed by atoms with Crippen molar-refractivity contribution < 1.29 is 9.53 Å². The van der Waals surface area contributed by atoms with E-state index in [1.807, 2.05) is 41.9 Å². The number of carbonyl (C=O) groups excluding carboxylic acids is 1. The van der Waals surface area contributed by atoms with Crippen molar-refractivity contribution in [3.8, 4) is 11.3 Å². The van der Waals surface area contributed by atoms with E-state index in [-0.39, 0.29) is 12.4 Å². The maximum absolute atomic E-state index is 11.5. The van der Waals surface area contributed by atoms with Gasteiger partial charge < -0.3 is 4.74 Å². The molecule has 0 aliphatic carbocycles. The lowest BCUT2D eigenvalue weighted by Gasteiger charge is -1.99. The van der Waals surface area contributed by atoms with Crippen LogP contribution in [0.1, 0.15) is 23.2 Å². The number of ether oxygens (including phenoxy) is 1. The lowest BCUT2D eigenvalue weighted by Crippen LogP contribution is -2.07. The van der Waals surface area contributed by atoms with Crippen molar-refractivity contribution in [3.63, 3.8) is 0 Å². The first-order chi connectivity index (χ1) is 12.6. The smallest absolute Gasteiger partial charge is 0.311 e. The van der Waals surface area contributed by atoms with Crippen LogP contribution < -0.4 is 5.43 Å². The van der Waals surface area contributed by atoms with E-state index in [2.05, 4.69) is 20.5 Å². The summed E-state index contributed by atoms with van der Waals surface area (Å²) >= 11 is 3.03. The molecule has 0 unspecified atom stereocenters. The SMILES string of the molecule is CCOC(=O)Cc1csc(NN=Cc2cccc(-c3csc(C)n3)c2)n1. The second kappa shape index (κ2) is 8.68. The first-order valence-electron chi connectivity index (χ1n) is 8.05. The van der Waals surface area contributed by atoms with Crippen LogP contribution in [-0.4, -0.2) is 28.8 Å². The molecule has 134 valence electrons. The largest absolute Gasteiger partial charge is 0.466 e. The summed E-state index contributed by atoms with van der Waals surface area (Å²) in [4.78, 5) is 20.3. The van der Waals surface area contributed by atoms with Crippen LogP contribution in [0.2, 0.25) is 0 Å². The lowest BCUT2D eigenvalue weighted by molar-refractivity contribution is -0.142. The molecule has 0 saturated heterocycles. The molecule has 2 heterocycles. The summed E-state index contributed by atoms with van der Waals surface area (Å²) in [7, 11) is 0. The van der Waals surface area contributed by atoms with Crippen LogP contribution in [-0.2, 0) is 16.0 Å². The van der Waals surface area contributed by atoms with Gasteiger partial charge in [-0.2, -0.15) is 5.10 Å². The Labute approximate surface area is 159 Å². The van der Waals surface area contributed by atoms with Crippen molar-refractivity contribution in [2.75, 3.05) is 12.0 Å². The number of carbonyl (C=O) groups is 1. The molecule has 8 heteroatoms. The summed E-state index contributed by atoms with van der Waals surface area (Å²) in [5, 5.41) is 9.76. The molecule has 0 aliphatic heterocycles. The second-order valence-electron chi connectivity index (χ2n) is 5.37. The first-order valence-corrected chi connectivity index (χ1v) is 9.81. The number of rotatable bonds is 7. The first kappa shape index (κ1) is 18.2. The molecule has 1 aromatic carbocycles. The predicted octanol–water partition coefficient (Wildman–Crippen LogP) is 4.13. The summed E-state index contributed by atoms with van der Waals surface area (Å²) in [6.45, 7) is 4.15. The fourth-order valence-electron chi connectivity index (χ4n) is 2.24. The molecule has 0 spiro atoms. The normalized spacial score (nSPS) is 11.0. The Hall–Kier alpha value is -2.58. The van der Waals surface area contributed by atoms with Crippen LogP contribution in [0, 0.1) is 6.92 Å². The monoisotopic (exact) mass is 386 g/mol. The number of aryl methyl sites for hydroxylation is 1. The van der Waals surface area contributed by atoms with Crippen LogP contribution in [0.25, 0.3) is 11.3 Å². The minimum absolute atomic E-state index is 0.171. The Balaban J connectivity index is 1.61. The van der Waals surface area contributed by atoms with Crippen LogP contribution in [0.15, 0.2) is 40.1 Å².